The number of rotatable bonds is 2. The first-order valence-electron chi connectivity index (χ1n) is 1.90. The van der Waals surface area contributed by atoms with Gasteiger partial charge in [0, 0.05) is 11.8 Å². The zero-order valence-electron chi connectivity index (χ0n) is 3.97. The van der Waals surface area contributed by atoms with Crippen LogP contribution in [0.3, 0.4) is 0 Å². The molecule has 3 nitrogen and oxygen atoms in total. The minimum Gasteiger partial charge on any atom is -0.464 e. The van der Waals surface area contributed by atoms with Crippen LogP contribution in [0.5, 0.6) is 0 Å². The summed E-state index contributed by atoms with van der Waals surface area (Å²) in [5.41, 5.74) is 0. The second-order valence-corrected chi connectivity index (χ2v) is 1.47. The van der Waals surface area contributed by atoms with Gasteiger partial charge in [0.05, 0.1) is 6.54 Å². The van der Waals surface area contributed by atoms with Gasteiger partial charge in [-0.15, -0.1) is 0 Å². The molecule has 0 aromatic rings. The van der Waals surface area contributed by atoms with Crippen molar-refractivity contribution in [2.45, 2.75) is 0 Å². The van der Waals surface area contributed by atoms with Gasteiger partial charge in [0.15, 0.2) is 0 Å². The maximum Gasteiger partial charge on any atom is 0.422 e. The summed E-state index contributed by atoms with van der Waals surface area (Å²) >= 11 is 4.91. The Morgan fingerprint density at radius 2 is 2.38 bits per heavy atom. The molecule has 0 atom stereocenters. The van der Waals surface area contributed by atoms with Crippen LogP contribution >= 0.6 is 11.8 Å². The smallest absolute Gasteiger partial charge is 0.422 e. The minimum absolute atomic E-state index is 0.281. The van der Waals surface area contributed by atoms with Crippen molar-refractivity contribution in [2.75, 3.05) is 13.2 Å². The van der Waals surface area contributed by atoms with E-state index >= 15 is 0 Å². The lowest BCUT2D eigenvalue weighted by Gasteiger charge is -2.03. The summed E-state index contributed by atoms with van der Waals surface area (Å²) in [5.74, 6) is 0. The monoisotopic (exact) mass is 141 g/mol. The van der Waals surface area contributed by atoms with Crippen molar-refractivity contribution in [2.24, 2.45) is 0 Å². The highest BCUT2D eigenvalue weighted by molar-refractivity contribution is 6.19. The third kappa shape index (κ3) is 2.63. The lowest BCUT2D eigenvalue weighted by atomic mass is 10.7. The van der Waals surface area contributed by atoms with Gasteiger partial charge in [-0.3, -0.25) is 0 Å². The van der Waals surface area contributed by atoms with Gasteiger partial charge in [0.1, 0.15) is 6.67 Å². The van der Waals surface area contributed by atoms with Crippen LogP contribution in [0, 0.1) is 0 Å². The van der Waals surface area contributed by atoms with Gasteiger partial charge in [-0.25, -0.2) is 13.6 Å². The topological polar surface area (TPSA) is 40.5 Å². The van der Waals surface area contributed by atoms with E-state index in [0.717, 1.165) is 0 Å². The fourth-order valence-corrected chi connectivity index (χ4v) is 0.234. The molecule has 1 N–H and O–H groups in total. The lowest BCUT2D eigenvalue weighted by Crippen LogP contribution is -2.20. The molecular weight excluding hydrogens is 136 g/mol. The van der Waals surface area contributed by atoms with Crippen LogP contribution in [0.25, 0.3) is 0 Å². The second-order valence-electron chi connectivity index (χ2n) is 1.06. The largest absolute Gasteiger partial charge is 0.464 e. The third-order valence-electron chi connectivity index (χ3n) is 0.488. The molecule has 0 rings (SSSR count). The van der Waals surface area contributed by atoms with E-state index in [-0.39, 0.29) is 6.54 Å². The number of nitrogens with zero attached hydrogens (tertiary/aromatic N) is 1. The Bertz CT molecular complexity index is 89.4. The molecule has 8 heavy (non-hydrogen) atoms. The van der Waals surface area contributed by atoms with Crippen molar-refractivity contribution >= 4 is 17.9 Å². The Labute approximate surface area is 50.8 Å². The average Bonchev–Trinajstić information content (AvgIpc) is 1.67. The molecule has 0 aromatic carbocycles. The summed E-state index contributed by atoms with van der Waals surface area (Å²) in [6, 6.07) is 0. The lowest BCUT2D eigenvalue weighted by molar-refractivity contribution is 0.171. The molecule has 48 valence electrons. The molecule has 0 bridgehead atoms. The summed E-state index contributed by atoms with van der Waals surface area (Å²) in [5, 5.41) is 7.94. The molecule has 0 unspecified atom stereocenters. The average molecular weight is 142 g/mol. The van der Waals surface area contributed by atoms with E-state index in [1.165, 1.54) is 0 Å². The Morgan fingerprint density at radius 1 is 1.88 bits per heavy atom. The number of hydrogen-bond acceptors (Lipinski definition) is 1. The maximum absolute atomic E-state index is 11.2. The summed E-state index contributed by atoms with van der Waals surface area (Å²) in [6.45, 7) is -1.04. The Balaban J connectivity index is 3.32. The van der Waals surface area contributed by atoms with Crippen LogP contribution in [0.4, 0.5) is 9.18 Å². The van der Waals surface area contributed by atoms with Crippen LogP contribution in [-0.4, -0.2) is 28.8 Å². The molecule has 0 saturated heterocycles. The maximum atomic E-state index is 11.2. The van der Waals surface area contributed by atoms with Gasteiger partial charge in [-0.05, 0) is 0 Å². The summed E-state index contributed by atoms with van der Waals surface area (Å²) in [6.07, 6.45) is -1.33. The first kappa shape index (κ1) is 7.49. The zero-order chi connectivity index (χ0) is 6.57. The summed E-state index contributed by atoms with van der Waals surface area (Å²) in [4.78, 5) is 9.72. The van der Waals surface area contributed by atoms with E-state index in [1.807, 2.05) is 0 Å². The van der Waals surface area contributed by atoms with E-state index in [0.29, 0.717) is 4.42 Å². The normalized spacial score (nSPS) is 8.75. The molecule has 0 spiro atoms. The Hall–Kier alpha value is -0.510. The van der Waals surface area contributed by atoms with Crippen molar-refractivity contribution in [1.29, 1.82) is 0 Å². The second kappa shape index (κ2) is 3.49. The van der Waals surface area contributed by atoms with Gasteiger partial charge in [-0.2, -0.15) is 0 Å². The van der Waals surface area contributed by atoms with Gasteiger partial charge >= 0.3 is 6.09 Å². The van der Waals surface area contributed by atoms with Gasteiger partial charge in [0.2, 0.25) is 0 Å². The van der Waals surface area contributed by atoms with Crippen molar-refractivity contribution in [3.8, 4) is 0 Å². The predicted molar refractivity (Wildman–Crippen MR) is 26.6 cm³/mol. The Kier molecular flexibility index (Phi) is 3.26. The van der Waals surface area contributed by atoms with E-state index in [9.17, 15) is 9.18 Å². The third-order valence-corrected chi connectivity index (χ3v) is 0.802. The van der Waals surface area contributed by atoms with E-state index in [1.54, 1.807) is 0 Å². The standard InChI is InChI=1S/C3H5ClFNO2/c4-6(2-1-5)3(7)8/h1-2H2,(H,7,8). The van der Waals surface area contributed by atoms with Gasteiger partial charge < -0.3 is 5.11 Å². The van der Waals surface area contributed by atoms with Crippen LogP contribution in [-0.2, 0) is 0 Å². The number of alkyl halides is 1. The quantitative estimate of drug-likeness (QED) is 0.585. The zero-order valence-corrected chi connectivity index (χ0v) is 4.73. The number of hydrogen-bond donors (Lipinski definition) is 1. The molecule has 0 aliphatic heterocycles. The van der Waals surface area contributed by atoms with Crippen LogP contribution in [0.1, 0.15) is 0 Å². The van der Waals surface area contributed by atoms with Crippen molar-refractivity contribution in [3.63, 3.8) is 0 Å². The van der Waals surface area contributed by atoms with Crippen LogP contribution in [0.15, 0.2) is 0 Å². The van der Waals surface area contributed by atoms with E-state index in [2.05, 4.69) is 0 Å². The van der Waals surface area contributed by atoms with Crippen molar-refractivity contribution < 1.29 is 14.3 Å². The van der Waals surface area contributed by atoms with Crippen molar-refractivity contribution in [1.82, 2.24) is 4.42 Å². The first-order valence-corrected chi connectivity index (χ1v) is 2.24. The van der Waals surface area contributed by atoms with E-state index in [4.69, 9.17) is 16.9 Å². The highest BCUT2D eigenvalue weighted by atomic mass is 35.5. The number of carbonyl (C=O) groups is 1. The molecule has 5 heteroatoms. The number of amides is 1. The van der Waals surface area contributed by atoms with Gasteiger partial charge in [-0.1, -0.05) is 0 Å². The van der Waals surface area contributed by atoms with Crippen molar-refractivity contribution in [3.05, 3.63) is 0 Å². The fraction of sp³-hybridized carbons (Fsp3) is 0.667. The molecule has 0 fully saturated rings. The highest BCUT2D eigenvalue weighted by Crippen LogP contribution is 1.92. The number of halogens is 2. The summed E-state index contributed by atoms with van der Waals surface area (Å²) < 4.78 is 11.6. The molecule has 0 heterocycles. The molecule has 1 amide bonds. The first-order chi connectivity index (χ1) is 3.68. The molecule has 0 radical (unpaired) electrons. The van der Waals surface area contributed by atoms with Crippen LogP contribution in [0.2, 0.25) is 0 Å². The molecule has 0 aromatic heterocycles. The van der Waals surface area contributed by atoms with Gasteiger partial charge in [0.25, 0.3) is 0 Å². The SMILES string of the molecule is O=C(O)N(Cl)CCF. The highest BCUT2D eigenvalue weighted by Gasteiger charge is 2.05. The molecule has 0 aliphatic carbocycles. The fourth-order valence-electron chi connectivity index (χ4n) is 0.170. The summed E-state index contributed by atoms with van der Waals surface area (Å²) in [7, 11) is 0. The molecular formula is C3H5ClFNO2. The number of carboxylic acid groups (broad SMARTS) is 1. The molecule has 0 aliphatic rings. The predicted octanol–water partition coefficient (Wildman–Crippen LogP) is 1.09. The van der Waals surface area contributed by atoms with E-state index < -0.39 is 12.8 Å². The Morgan fingerprint density at radius 3 is 2.50 bits per heavy atom. The minimum atomic E-state index is -1.33. The van der Waals surface area contributed by atoms with Crippen LogP contribution < -0.4 is 0 Å². The molecule has 0 saturated carbocycles.